The van der Waals surface area contributed by atoms with Crippen LogP contribution in [0.2, 0.25) is 0 Å². The molecular weight excluding hydrogens is 639 g/mol. The Bertz CT molecular complexity index is 1920. The molecular formula is C35H31N3O7S2. The Balaban J connectivity index is 1.03. The number of aromatic amines is 1. The fraction of sp³-hybridized carbons (Fsp3) is 0.314. The first-order valence-electron chi connectivity index (χ1n) is 15.4. The summed E-state index contributed by atoms with van der Waals surface area (Å²) in [5.74, 6) is 0.615. The maximum absolute atomic E-state index is 14.0. The maximum atomic E-state index is 14.0. The van der Waals surface area contributed by atoms with Crippen molar-refractivity contribution >= 4 is 52.2 Å². The molecule has 4 aromatic rings. The van der Waals surface area contributed by atoms with E-state index in [1.165, 1.54) is 16.2 Å². The number of benzene rings is 3. The lowest BCUT2D eigenvalue weighted by Gasteiger charge is -2.43. The van der Waals surface area contributed by atoms with Crippen molar-refractivity contribution in [2.45, 2.75) is 22.6 Å². The van der Waals surface area contributed by atoms with Crippen molar-refractivity contribution in [1.29, 1.82) is 0 Å². The lowest BCUT2D eigenvalue weighted by molar-refractivity contribution is -0.123. The molecule has 3 amide bonds. The number of thioether (sulfide) groups is 1. The lowest BCUT2D eigenvalue weighted by atomic mass is 9.68. The van der Waals surface area contributed by atoms with Crippen LogP contribution in [0.4, 0.5) is 11.4 Å². The molecule has 2 bridgehead atoms. The average molecular weight is 670 g/mol. The van der Waals surface area contributed by atoms with Crippen LogP contribution < -0.4 is 29.3 Å². The standard InChI is InChI=1S/C35H31N3O7S2/c1-43-20-11-5-18(6-12-20)36-25(39)16-45-22-9-3-17(4-10-22)26-27-23-15-24(30(27)46-32-31(26)47-35(42)37-32)29-28(23)33(40)38(34(29)41)19-7-13-21(44-2)14-8-19/h3-14,23-24,26-30H,15-16H2,1-2H3,(H,36,39)(H,37,42)/t23-,24-,26+,27-,28+,29+,30-/m1/s1. The van der Waals surface area contributed by atoms with E-state index >= 15 is 0 Å². The van der Waals surface area contributed by atoms with Crippen molar-refractivity contribution in [3.8, 4) is 17.2 Å². The highest BCUT2D eigenvalue weighted by Crippen LogP contribution is 2.68. The SMILES string of the molecule is COc1ccc(NC(=O)COc2ccc([C@@H]3c4sc(=O)[nH]c4S[C@@H]4[C@@H]5C[C@@H]([C@@H]6C(=O)N(c7ccc(OC)cc7)C(=O)[C@@H]56)[C@H]34)cc2)cc1. The van der Waals surface area contributed by atoms with Gasteiger partial charge in [-0.25, -0.2) is 0 Å². The van der Waals surface area contributed by atoms with Gasteiger partial charge in [0, 0.05) is 21.7 Å². The van der Waals surface area contributed by atoms with Crippen molar-refractivity contribution in [2.75, 3.05) is 31.0 Å². The molecule has 3 aromatic carbocycles. The fourth-order valence-corrected chi connectivity index (χ4v) is 11.1. The van der Waals surface area contributed by atoms with Crippen molar-refractivity contribution in [3.63, 3.8) is 0 Å². The normalized spacial score (nSPS) is 26.9. The van der Waals surface area contributed by atoms with Crippen LogP contribution in [0.15, 0.2) is 82.6 Å². The molecule has 2 aliphatic carbocycles. The van der Waals surface area contributed by atoms with E-state index in [0.29, 0.717) is 28.6 Å². The molecule has 240 valence electrons. The van der Waals surface area contributed by atoms with Gasteiger partial charge in [-0.05, 0) is 90.4 Å². The Morgan fingerprint density at radius 1 is 0.851 bits per heavy atom. The van der Waals surface area contributed by atoms with Gasteiger partial charge < -0.3 is 24.5 Å². The van der Waals surface area contributed by atoms with E-state index in [-0.39, 0.29) is 70.0 Å². The number of rotatable bonds is 8. The quantitative estimate of drug-likeness (QED) is 0.247. The average Bonchev–Trinajstić information content (AvgIpc) is 3.83. The van der Waals surface area contributed by atoms with E-state index < -0.39 is 0 Å². The second-order valence-corrected chi connectivity index (χ2v) is 14.5. The number of hydrogen-bond acceptors (Lipinski definition) is 9. The lowest BCUT2D eigenvalue weighted by Crippen LogP contribution is -2.42. The van der Waals surface area contributed by atoms with Crippen molar-refractivity contribution in [1.82, 2.24) is 4.98 Å². The minimum Gasteiger partial charge on any atom is -0.497 e. The Kier molecular flexibility index (Phi) is 7.36. The van der Waals surface area contributed by atoms with Gasteiger partial charge in [-0.1, -0.05) is 23.5 Å². The van der Waals surface area contributed by atoms with Crippen molar-refractivity contribution in [3.05, 3.63) is 92.9 Å². The molecule has 0 spiro atoms. The molecule has 12 heteroatoms. The zero-order chi connectivity index (χ0) is 32.4. The van der Waals surface area contributed by atoms with Crippen LogP contribution in [-0.4, -0.2) is 48.8 Å². The topological polar surface area (TPSA) is 127 Å². The second kappa shape index (κ2) is 11.6. The van der Waals surface area contributed by atoms with Crippen LogP contribution in [0, 0.1) is 29.6 Å². The summed E-state index contributed by atoms with van der Waals surface area (Å²) in [5.41, 5.74) is 2.22. The van der Waals surface area contributed by atoms with Gasteiger partial charge in [0.05, 0.1) is 36.8 Å². The number of carbonyl (C=O) groups is 3. The molecule has 3 fully saturated rings. The van der Waals surface area contributed by atoms with Crippen molar-refractivity contribution in [2.24, 2.45) is 29.6 Å². The van der Waals surface area contributed by atoms with E-state index in [0.717, 1.165) is 21.9 Å². The van der Waals surface area contributed by atoms with E-state index in [9.17, 15) is 19.2 Å². The number of hydrogen-bond donors (Lipinski definition) is 2. The first kappa shape index (κ1) is 29.8. The minimum absolute atomic E-state index is 0.00938. The van der Waals surface area contributed by atoms with Gasteiger partial charge in [0.2, 0.25) is 11.8 Å². The highest BCUT2D eigenvalue weighted by molar-refractivity contribution is 8.00. The molecule has 47 heavy (non-hydrogen) atoms. The molecule has 4 aliphatic rings. The Morgan fingerprint density at radius 2 is 1.47 bits per heavy atom. The molecule has 10 nitrogen and oxygen atoms in total. The van der Waals surface area contributed by atoms with Gasteiger partial charge in [0.15, 0.2) is 6.61 Å². The van der Waals surface area contributed by atoms with E-state index in [1.54, 1.807) is 74.5 Å². The third-order valence-corrected chi connectivity index (χ3v) is 12.6. The zero-order valence-electron chi connectivity index (χ0n) is 25.5. The van der Waals surface area contributed by atoms with E-state index in [1.807, 2.05) is 24.3 Å². The molecule has 7 atom stereocenters. The largest absolute Gasteiger partial charge is 0.497 e. The smallest absolute Gasteiger partial charge is 0.305 e. The van der Waals surface area contributed by atoms with Crippen LogP contribution in [-0.2, 0) is 14.4 Å². The first-order valence-corrected chi connectivity index (χ1v) is 17.1. The molecule has 2 saturated carbocycles. The van der Waals surface area contributed by atoms with Crippen molar-refractivity contribution < 1.29 is 28.6 Å². The van der Waals surface area contributed by atoms with Gasteiger partial charge in [-0.3, -0.25) is 24.1 Å². The molecule has 0 unspecified atom stereocenters. The van der Waals surface area contributed by atoms with Crippen LogP contribution in [0.25, 0.3) is 0 Å². The van der Waals surface area contributed by atoms with Gasteiger partial charge in [0.1, 0.15) is 17.2 Å². The number of carbonyl (C=O) groups excluding carboxylic acids is 3. The molecule has 1 aromatic heterocycles. The van der Waals surface area contributed by atoms with Crippen LogP contribution in [0.5, 0.6) is 17.2 Å². The molecule has 3 heterocycles. The summed E-state index contributed by atoms with van der Waals surface area (Å²) >= 11 is 2.88. The fourth-order valence-electron chi connectivity index (χ4n) is 8.17. The third kappa shape index (κ3) is 4.92. The summed E-state index contributed by atoms with van der Waals surface area (Å²) in [6, 6.07) is 21.7. The number of nitrogens with zero attached hydrogens (tertiary/aromatic N) is 1. The van der Waals surface area contributed by atoms with Crippen LogP contribution >= 0.6 is 23.1 Å². The number of imide groups is 1. The van der Waals surface area contributed by atoms with Gasteiger partial charge in [-0.2, -0.15) is 0 Å². The summed E-state index contributed by atoms with van der Waals surface area (Å²) in [7, 11) is 3.16. The third-order valence-electron chi connectivity index (χ3n) is 10.0. The highest BCUT2D eigenvalue weighted by atomic mass is 32.2. The molecule has 2 N–H and O–H groups in total. The summed E-state index contributed by atoms with van der Waals surface area (Å²) in [6.07, 6.45) is 0.811. The number of nitrogens with one attached hydrogen (secondary N) is 2. The summed E-state index contributed by atoms with van der Waals surface area (Å²) in [5, 5.41) is 3.76. The van der Waals surface area contributed by atoms with Gasteiger partial charge in [0.25, 0.3) is 5.91 Å². The maximum Gasteiger partial charge on any atom is 0.305 e. The van der Waals surface area contributed by atoms with E-state index in [2.05, 4.69) is 10.3 Å². The number of fused-ring (bicyclic) bond motifs is 9. The molecule has 8 rings (SSSR count). The van der Waals surface area contributed by atoms with Gasteiger partial charge in [-0.15, -0.1) is 11.8 Å². The Labute approximate surface area is 278 Å². The number of methoxy groups -OCH3 is 2. The minimum atomic E-state index is -0.386. The molecule has 2 aliphatic heterocycles. The number of aromatic nitrogens is 1. The molecule has 1 saturated heterocycles. The van der Waals surface area contributed by atoms with Crippen LogP contribution in [0.1, 0.15) is 22.8 Å². The summed E-state index contributed by atoms with van der Waals surface area (Å²) in [4.78, 5) is 58.2. The first-order chi connectivity index (χ1) is 22.8. The monoisotopic (exact) mass is 669 g/mol. The number of anilines is 2. The predicted molar refractivity (Wildman–Crippen MR) is 178 cm³/mol. The summed E-state index contributed by atoms with van der Waals surface area (Å²) < 4.78 is 16.2. The molecule has 0 radical (unpaired) electrons. The number of thiazole rings is 1. The second-order valence-electron chi connectivity index (χ2n) is 12.3. The Hall–Kier alpha value is -4.55. The van der Waals surface area contributed by atoms with E-state index in [4.69, 9.17) is 14.2 Å². The predicted octanol–water partition coefficient (Wildman–Crippen LogP) is 5.15. The highest BCUT2D eigenvalue weighted by Gasteiger charge is 2.69. The summed E-state index contributed by atoms with van der Waals surface area (Å²) in [6.45, 7) is -0.159. The number of amides is 3. The van der Waals surface area contributed by atoms with Gasteiger partial charge >= 0.3 is 4.87 Å². The zero-order valence-corrected chi connectivity index (χ0v) is 27.1. The Morgan fingerprint density at radius 3 is 2.13 bits per heavy atom. The van der Waals surface area contributed by atoms with Crippen LogP contribution in [0.3, 0.4) is 0 Å². The number of H-pyrrole nitrogens is 1. The number of ether oxygens (including phenoxy) is 3.